The molecule has 6 nitrogen and oxygen atoms in total. The second kappa shape index (κ2) is 9.61. The van der Waals surface area contributed by atoms with Crippen molar-refractivity contribution < 1.29 is 9.53 Å². The molecule has 3 unspecified atom stereocenters. The van der Waals surface area contributed by atoms with Gasteiger partial charge in [0.25, 0.3) is 0 Å². The van der Waals surface area contributed by atoms with Gasteiger partial charge in [-0.25, -0.2) is 0 Å². The van der Waals surface area contributed by atoms with Crippen molar-refractivity contribution in [2.75, 3.05) is 31.6 Å². The molecule has 1 fully saturated rings. The molecule has 0 radical (unpaired) electrons. The Labute approximate surface area is 174 Å². The van der Waals surface area contributed by atoms with E-state index >= 15 is 0 Å². The molecule has 1 amide bonds. The molecule has 3 N–H and O–H groups in total. The van der Waals surface area contributed by atoms with E-state index in [4.69, 9.17) is 9.73 Å². The van der Waals surface area contributed by atoms with Gasteiger partial charge in [0.2, 0.25) is 5.91 Å². The predicted molar refractivity (Wildman–Crippen MR) is 118 cm³/mol. The third kappa shape index (κ3) is 5.72. The zero-order chi connectivity index (χ0) is 20.9. The Morgan fingerprint density at radius 2 is 2.07 bits per heavy atom. The van der Waals surface area contributed by atoms with Crippen LogP contribution in [0.1, 0.15) is 58.4 Å². The number of anilines is 1. The number of nitrogens with zero attached hydrogens (tertiary/aromatic N) is 1. The zero-order valence-electron chi connectivity index (χ0n) is 18.3. The molecule has 3 rings (SSSR count). The number of para-hydroxylation sites is 1. The highest BCUT2D eigenvalue weighted by Gasteiger charge is 2.35. The lowest BCUT2D eigenvalue weighted by Gasteiger charge is -2.39. The van der Waals surface area contributed by atoms with Crippen LogP contribution in [0, 0.1) is 11.3 Å². The molecule has 160 valence electrons. The Balaban J connectivity index is 1.65. The lowest BCUT2D eigenvalue weighted by Crippen LogP contribution is -2.43. The number of aliphatic imine (C=N–C) groups is 1. The van der Waals surface area contributed by atoms with Crippen molar-refractivity contribution in [2.24, 2.45) is 16.3 Å². The standard InChI is InChI=1S/C23H36N4O2/c1-5-24-22(25-14-16-9-8-12-29-21(16)23(2,3)4)26-15-17-13-20(28)27-19-11-7-6-10-18(17)19/h6-7,10-11,16-17,21H,5,8-9,12-15H2,1-4H3,(H,27,28)(H2,24,25,26). The van der Waals surface area contributed by atoms with Crippen molar-refractivity contribution in [3.63, 3.8) is 0 Å². The average molecular weight is 401 g/mol. The summed E-state index contributed by atoms with van der Waals surface area (Å²) in [4.78, 5) is 16.9. The van der Waals surface area contributed by atoms with Gasteiger partial charge in [0.1, 0.15) is 0 Å². The first-order valence-electron chi connectivity index (χ1n) is 10.9. The largest absolute Gasteiger partial charge is 0.377 e. The van der Waals surface area contributed by atoms with Crippen LogP contribution in [0.25, 0.3) is 0 Å². The average Bonchev–Trinajstić information content (AvgIpc) is 2.69. The van der Waals surface area contributed by atoms with E-state index in [1.165, 1.54) is 5.56 Å². The van der Waals surface area contributed by atoms with Gasteiger partial charge in [-0.2, -0.15) is 0 Å². The van der Waals surface area contributed by atoms with Crippen LogP contribution in [0.3, 0.4) is 0 Å². The number of carbonyl (C=O) groups is 1. The van der Waals surface area contributed by atoms with Crippen molar-refractivity contribution in [3.8, 4) is 0 Å². The number of guanidine groups is 1. The summed E-state index contributed by atoms with van der Waals surface area (Å²) in [5.74, 6) is 1.46. The summed E-state index contributed by atoms with van der Waals surface area (Å²) in [6, 6.07) is 8.05. The summed E-state index contributed by atoms with van der Waals surface area (Å²) in [7, 11) is 0. The van der Waals surface area contributed by atoms with Gasteiger partial charge in [-0.1, -0.05) is 39.0 Å². The van der Waals surface area contributed by atoms with Crippen LogP contribution in [0.2, 0.25) is 0 Å². The first kappa shape index (κ1) is 21.6. The fraction of sp³-hybridized carbons (Fsp3) is 0.652. The smallest absolute Gasteiger partial charge is 0.225 e. The molecule has 2 aliphatic heterocycles. The molecule has 2 aliphatic rings. The van der Waals surface area contributed by atoms with Crippen LogP contribution in [0.5, 0.6) is 0 Å². The third-order valence-electron chi connectivity index (χ3n) is 5.75. The zero-order valence-corrected chi connectivity index (χ0v) is 18.3. The van der Waals surface area contributed by atoms with Crippen molar-refractivity contribution in [3.05, 3.63) is 29.8 Å². The van der Waals surface area contributed by atoms with Crippen molar-refractivity contribution >= 4 is 17.6 Å². The van der Waals surface area contributed by atoms with Gasteiger partial charge in [-0.3, -0.25) is 9.79 Å². The van der Waals surface area contributed by atoms with E-state index < -0.39 is 0 Å². The molecule has 6 heteroatoms. The molecule has 1 aromatic rings. The molecule has 0 aromatic heterocycles. The molecule has 3 atom stereocenters. The number of nitrogens with one attached hydrogen (secondary N) is 3. The molecule has 29 heavy (non-hydrogen) atoms. The van der Waals surface area contributed by atoms with Crippen LogP contribution < -0.4 is 16.0 Å². The first-order valence-corrected chi connectivity index (χ1v) is 10.9. The summed E-state index contributed by atoms with van der Waals surface area (Å²) in [5, 5.41) is 9.77. The van der Waals surface area contributed by atoms with E-state index in [0.717, 1.165) is 44.2 Å². The molecule has 0 bridgehead atoms. The quantitative estimate of drug-likeness (QED) is 0.522. The normalized spacial score (nSPS) is 25.2. The Kier molecular flexibility index (Phi) is 7.17. The monoisotopic (exact) mass is 400 g/mol. The van der Waals surface area contributed by atoms with E-state index in [1.54, 1.807) is 0 Å². The lowest BCUT2D eigenvalue weighted by atomic mass is 9.78. The highest BCUT2D eigenvalue weighted by atomic mass is 16.5. The summed E-state index contributed by atoms with van der Waals surface area (Å²) < 4.78 is 6.10. The van der Waals surface area contributed by atoms with Crippen LogP contribution in [0.15, 0.2) is 29.3 Å². The molecule has 1 aromatic carbocycles. The first-order chi connectivity index (χ1) is 13.9. The van der Waals surface area contributed by atoms with E-state index in [9.17, 15) is 4.79 Å². The Morgan fingerprint density at radius 3 is 2.83 bits per heavy atom. The Bertz CT molecular complexity index is 726. The molecule has 0 spiro atoms. The molecule has 1 saturated heterocycles. The number of hydrogen-bond donors (Lipinski definition) is 3. The fourth-order valence-corrected chi connectivity index (χ4v) is 4.44. The fourth-order valence-electron chi connectivity index (χ4n) is 4.44. The van der Waals surface area contributed by atoms with Crippen molar-refractivity contribution in [1.82, 2.24) is 10.6 Å². The number of amides is 1. The van der Waals surface area contributed by atoms with E-state index in [0.29, 0.717) is 18.9 Å². The minimum absolute atomic E-state index is 0.0739. The maximum absolute atomic E-state index is 12.1. The van der Waals surface area contributed by atoms with Gasteiger partial charge >= 0.3 is 0 Å². The Hall–Kier alpha value is -2.08. The molecule has 0 aliphatic carbocycles. The van der Waals surface area contributed by atoms with Crippen molar-refractivity contribution in [2.45, 2.75) is 59.0 Å². The van der Waals surface area contributed by atoms with Gasteiger partial charge in [-0.05, 0) is 36.8 Å². The molecular weight excluding hydrogens is 364 g/mol. The lowest BCUT2D eigenvalue weighted by molar-refractivity contribution is -0.116. The van der Waals surface area contributed by atoms with Gasteiger partial charge < -0.3 is 20.7 Å². The topological polar surface area (TPSA) is 74.8 Å². The third-order valence-corrected chi connectivity index (χ3v) is 5.75. The highest BCUT2D eigenvalue weighted by molar-refractivity contribution is 5.94. The van der Waals surface area contributed by atoms with Crippen molar-refractivity contribution in [1.29, 1.82) is 0 Å². The van der Waals surface area contributed by atoms with Crippen LogP contribution in [0.4, 0.5) is 5.69 Å². The summed E-state index contributed by atoms with van der Waals surface area (Å²) in [6.07, 6.45) is 2.98. The highest BCUT2D eigenvalue weighted by Crippen LogP contribution is 2.34. The van der Waals surface area contributed by atoms with Gasteiger partial charge in [-0.15, -0.1) is 0 Å². The minimum Gasteiger partial charge on any atom is -0.377 e. The van der Waals surface area contributed by atoms with Gasteiger partial charge in [0, 0.05) is 50.2 Å². The maximum Gasteiger partial charge on any atom is 0.225 e. The van der Waals surface area contributed by atoms with E-state index in [2.05, 4.69) is 49.7 Å². The number of hydrogen-bond acceptors (Lipinski definition) is 3. The molecule has 0 saturated carbocycles. The van der Waals surface area contributed by atoms with Crippen LogP contribution in [-0.4, -0.2) is 44.2 Å². The Morgan fingerprint density at radius 1 is 1.28 bits per heavy atom. The second-order valence-corrected chi connectivity index (χ2v) is 9.20. The van der Waals surface area contributed by atoms with Crippen LogP contribution in [-0.2, 0) is 9.53 Å². The number of ether oxygens (including phenoxy) is 1. The number of benzene rings is 1. The second-order valence-electron chi connectivity index (χ2n) is 9.20. The number of fused-ring (bicyclic) bond motifs is 1. The minimum atomic E-state index is 0.0739. The number of rotatable bonds is 5. The summed E-state index contributed by atoms with van der Waals surface area (Å²) in [5.41, 5.74) is 2.22. The summed E-state index contributed by atoms with van der Waals surface area (Å²) >= 11 is 0. The summed E-state index contributed by atoms with van der Waals surface area (Å²) in [6.45, 7) is 11.9. The SMILES string of the molecule is CCNC(=NCC1CCCOC1C(C)(C)C)NCC1CC(=O)Nc2ccccc21. The molecule has 2 heterocycles. The molecular formula is C23H36N4O2. The maximum atomic E-state index is 12.1. The van der Waals surface area contributed by atoms with E-state index in [-0.39, 0.29) is 23.3 Å². The predicted octanol–water partition coefficient (Wildman–Crippen LogP) is 3.51. The van der Waals surface area contributed by atoms with Crippen LogP contribution >= 0.6 is 0 Å². The van der Waals surface area contributed by atoms with E-state index in [1.807, 2.05) is 18.2 Å². The van der Waals surface area contributed by atoms with Gasteiger partial charge in [0.15, 0.2) is 5.96 Å². The van der Waals surface area contributed by atoms with Gasteiger partial charge in [0.05, 0.1) is 6.10 Å². The number of carbonyl (C=O) groups excluding carboxylic acids is 1.